The molecule has 1 aromatic carbocycles. The summed E-state index contributed by atoms with van der Waals surface area (Å²) < 4.78 is 26.3. The van der Waals surface area contributed by atoms with E-state index < -0.39 is 10.0 Å². The first-order valence-electron chi connectivity index (χ1n) is 6.05. The van der Waals surface area contributed by atoms with Gasteiger partial charge in [-0.15, -0.1) is 0 Å². The molecule has 0 aliphatic rings. The van der Waals surface area contributed by atoms with Crippen LogP contribution >= 0.6 is 11.8 Å². The molecule has 0 fully saturated rings. The smallest absolute Gasteiger partial charge is 0.251 e. The summed E-state index contributed by atoms with van der Waals surface area (Å²) in [6, 6.07) is 5.68. The second kappa shape index (κ2) is 6.29. The lowest BCUT2D eigenvalue weighted by Crippen LogP contribution is -2.23. The van der Waals surface area contributed by atoms with E-state index in [1.54, 1.807) is 6.92 Å². The van der Waals surface area contributed by atoms with Gasteiger partial charge in [-0.3, -0.25) is 4.79 Å². The van der Waals surface area contributed by atoms with E-state index in [0.29, 0.717) is 22.3 Å². The van der Waals surface area contributed by atoms with Crippen molar-refractivity contribution in [2.45, 2.75) is 21.9 Å². The second-order valence-electron chi connectivity index (χ2n) is 4.04. The first-order valence-corrected chi connectivity index (χ1v) is 8.34. The van der Waals surface area contributed by atoms with Crippen molar-refractivity contribution in [3.63, 3.8) is 0 Å². The third kappa shape index (κ3) is 3.84. The van der Waals surface area contributed by atoms with Crippen molar-refractivity contribution in [3.8, 4) is 0 Å². The van der Waals surface area contributed by atoms with Crippen molar-refractivity contribution in [3.05, 3.63) is 40.8 Å². The van der Waals surface area contributed by atoms with E-state index in [4.69, 9.17) is 5.73 Å². The molecule has 0 bridgehead atoms. The Hall–Kier alpha value is -1.84. The number of nitrogens with zero attached hydrogens (tertiary/aromatic N) is 1. The number of nitrogens with two attached hydrogens (primary N) is 1. The quantitative estimate of drug-likeness (QED) is 0.552. The molecule has 4 N–H and O–H groups in total. The minimum Gasteiger partial charge on any atom is -0.398 e. The van der Waals surface area contributed by atoms with Gasteiger partial charge in [-0.05, 0) is 30.0 Å². The molecule has 0 atom stereocenters. The van der Waals surface area contributed by atoms with Gasteiger partial charge in [-0.25, -0.2) is 18.1 Å². The van der Waals surface area contributed by atoms with Gasteiger partial charge in [0.15, 0.2) is 5.16 Å². The molecule has 1 heterocycles. The van der Waals surface area contributed by atoms with Crippen molar-refractivity contribution < 1.29 is 8.42 Å². The molecule has 2 rings (SSSR count). The summed E-state index contributed by atoms with van der Waals surface area (Å²) >= 11 is 1.09. The number of benzene rings is 1. The number of hydrogen-bond donors (Lipinski definition) is 3. The van der Waals surface area contributed by atoms with Gasteiger partial charge in [0.25, 0.3) is 5.56 Å². The van der Waals surface area contributed by atoms with E-state index in [2.05, 4.69) is 14.7 Å². The van der Waals surface area contributed by atoms with Crippen LogP contribution in [-0.4, -0.2) is 24.9 Å². The maximum Gasteiger partial charge on any atom is 0.251 e. The summed E-state index contributed by atoms with van der Waals surface area (Å²) in [6.45, 7) is 1.99. The fourth-order valence-electron chi connectivity index (χ4n) is 1.55. The van der Waals surface area contributed by atoms with Crippen molar-refractivity contribution in [1.82, 2.24) is 14.7 Å². The van der Waals surface area contributed by atoms with E-state index >= 15 is 0 Å². The third-order valence-electron chi connectivity index (χ3n) is 2.48. The number of nitrogens with one attached hydrogen (secondary N) is 2. The zero-order valence-electron chi connectivity index (χ0n) is 11.2. The average Bonchev–Trinajstić information content (AvgIpc) is 2.41. The second-order valence-corrected chi connectivity index (χ2v) is 6.84. The Morgan fingerprint density at radius 3 is 2.81 bits per heavy atom. The highest BCUT2D eigenvalue weighted by Crippen LogP contribution is 2.31. The number of nitrogen functional groups attached to an aromatic ring is 1. The molecule has 0 unspecified atom stereocenters. The molecule has 0 saturated carbocycles. The minimum atomic E-state index is -3.56. The van der Waals surface area contributed by atoms with Crippen LogP contribution in [0.4, 0.5) is 5.69 Å². The molecule has 2 aromatic rings. The first-order chi connectivity index (χ1) is 9.92. The monoisotopic (exact) mass is 326 g/mol. The van der Waals surface area contributed by atoms with Gasteiger partial charge in [-0.1, -0.05) is 6.92 Å². The predicted molar refractivity (Wildman–Crippen MR) is 80.7 cm³/mol. The van der Waals surface area contributed by atoms with Crippen LogP contribution in [0.15, 0.2) is 50.2 Å². The maximum absolute atomic E-state index is 12.0. The van der Waals surface area contributed by atoms with Gasteiger partial charge in [0.05, 0.1) is 4.90 Å². The Labute approximate surface area is 126 Å². The normalized spacial score (nSPS) is 11.5. The zero-order chi connectivity index (χ0) is 15.5. The topological polar surface area (TPSA) is 118 Å². The standard InChI is InChI=1S/C12H14N4O3S2/c1-2-15-21(18,19)8-3-4-9(13)10(7-8)20-12-14-6-5-11(17)16-12/h3-7,15H,2,13H2,1H3,(H,14,16,17). The van der Waals surface area contributed by atoms with Crippen molar-refractivity contribution >= 4 is 27.5 Å². The fourth-order valence-corrected chi connectivity index (χ4v) is 3.54. The summed E-state index contributed by atoms with van der Waals surface area (Å²) in [5.74, 6) is 0. The highest BCUT2D eigenvalue weighted by Gasteiger charge is 2.15. The van der Waals surface area contributed by atoms with Crippen molar-refractivity contribution in [1.29, 1.82) is 0 Å². The summed E-state index contributed by atoms with van der Waals surface area (Å²) in [4.78, 5) is 18.4. The van der Waals surface area contributed by atoms with E-state index in [1.165, 1.54) is 30.5 Å². The highest BCUT2D eigenvalue weighted by molar-refractivity contribution is 7.99. The largest absolute Gasteiger partial charge is 0.398 e. The number of sulfonamides is 1. The Morgan fingerprint density at radius 1 is 1.38 bits per heavy atom. The number of aromatic nitrogens is 2. The summed E-state index contributed by atoms with van der Waals surface area (Å²) in [5.41, 5.74) is 5.95. The lowest BCUT2D eigenvalue weighted by molar-refractivity contribution is 0.583. The lowest BCUT2D eigenvalue weighted by atomic mass is 10.3. The maximum atomic E-state index is 12.0. The molecule has 0 radical (unpaired) electrons. The van der Waals surface area contributed by atoms with E-state index in [9.17, 15) is 13.2 Å². The Bertz CT molecular complexity index is 802. The number of anilines is 1. The van der Waals surface area contributed by atoms with Gasteiger partial charge in [0, 0.05) is 29.4 Å². The summed E-state index contributed by atoms with van der Waals surface area (Å²) in [7, 11) is -3.56. The van der Waals surface area contributed by atoms with Crippen molar-refractivity contribution in [2.24, 2.45) is 0 Å². The molecule has 1 aromatic heterocycles. The first kappa shape index (κ1) is 15.5. The third-order valence-corrected chi connectivity index (χ3v) is 5.00. The van der Waals surface area contributed by atoms with E-state index in [0.717, 1.165) is 11.8 Å². The number of H-pyrrole nitrogens is 1. The molecule has 112 valence electrons. The molecule has 0 amide bonds. The minimum absolute atomic E-state index is 0.110. The predicted octanol–water partition coefficient (Wildman–Crippen LogP) is 0.801. The highest BCUT2D eigenvalue weighted by atomic mass is 32.2. The van der Waals surface area contributed by atoms with E-state index in [-0.39, 0.29) is 10.5 Å². The molecule has 7 nitrogen and oxygen atoms in total. The van der Waals surface area contributed by atoms with Crippen LogP contribution in [0, 0.1) is 0 Å². The molecular weight excluding hydrogens is 312 g/mol. The van der Waals surface area contributed by atoms with Gasteiger partial charge in [0.2, 0.25) is 10.0 Å². The van der Waals surface area contributed by atoms with Crippen LogP contribution in [0.1, 0.15) is 6.92 Å². The van der Waals surface area contributed by atoms with E-state index in [1.807, 2.05) is 0 Å². The molecular formula is C12H14N4O3S2. The Balaban J connectivity index is 2.38. The molecule has 0 aliphatic carbocycles. The van der Waals surface area contributed by atoms with Gasteiger partial charge < -0.3 is 10.7 Å². The molecule has 9 heteroatoms. The van der Waals surface area contributed by atoms with Gasteiger partial charge in [0.1, 0.15) is 0 Å². The lowest BCUT2D eigenvalue weighted by Gasteiger charge is -2.09. The Morgan fingerprint density at radius 2 is 2.14 bits per heavy atom. The summed E-state index contributed by atoms with van der Waals surface area (Å²) in [5, 5.41) is 0.340. The molecule has 0 saturated heterocycles. The van der Waals surface area contributed by atoms with Crippen LogP contribution in [0.5, 0.6) is 0 Å². The number of hydrogen-bond acceptors (Lipinski definition) is 6. The number of aromatic amines is 1. The van der Waals surface area contributed by atoms with Crippen LogP contribution in [0.3, 0.4) is 0 Å². The van der Waals surface area contributed by atoms with Crippen LogP contribution in [0.25, 0.3) is 0 Å². The van der Waals surface area contributed by atoms with Crippen LogP contribution in [-0.2, 0) is 10.0 Å². The zero-order valence-corrected chi connectivity index (χ0v) is 12.8. The SMILES string of the molecule is CCNS(=O)(=O)c1ccc(N)c(Sc2nccc(=O)[nH]2)c1. The molecule has 21 heavy (non-hydrogen) atoms. The summed E-state index contributed by atoms with van der Waals surface area (Å²) in [6.07, 6.45) is 1.37. The molecule has 0 spiro atoms. The number of rotatable bonds is 5. The fraction of sp³-hybridized carbons (Fsp3) is 0.167. The average molecular weight is 326 g/mol. The van der Waals surface area contributed by atoms with Gasteiger partial charge >= 0.3 is 0 Å². The Kier molecular flexibility index (Phi) is 4.66. The van der Waals surface area contributed by atoms with Crippen LogP contribution in [0.2, 0.25) is 0 Å². The van der Waals surface area contributed by atoms with Crippen molar-refractivity contribution in [2.75, 3.05) is 12.3 Å². The molecule has 0 aliphatic heterocycles. The van der Waals surface area contributed by atoms with Crippen LogP contribution < -0.4 is 16.0 Å². The van der Waals surface area contributed by atoms with Gasteiger partial charge in [-0.2, -0.15) is 0 Å².